The second-order valence-electron chi connectivity index (χ2n) is 4.75. The number of nitrogen functional groups attached to an aromatic ring is 1. The highest BCUT2D eigenvalue weighted by atomic mass is 16.6. The molecule has 4 heteroatoms. The van der Waals surface area contributed by atoms with Crippen LogP contribution in [0.25, 0.3) is 0 Å². The number of anilines is 1. The van der Waals surface area contributed by atoms with E-state index in [4.69, 9.17) is 15.2 Å². The zero-order valence-electron chi connectivity index (χ0n) is 10.6. The summed E-state index contributed by atoms with van der Waals surface area (Å²) in [6.45, 7) is 2.39. The molecule has 2 atom stereocenters. The van der Waals surface area contributed by atoms with Crippen molar-refractivity contribution in [2.45, 2.75) is 38.4 Å². The number of carbonyl (C=O) groups is 1. The van der Waals surface area contributed by atoms with Crippen LogP contribution in [0.3, 0.4) is 0 Å². The molecule has 0 spiro atoms. The highest BCUT2D eigenvalue weighted by Crippen LogP contribution is 2.19. The van der Waals surface area contributed by atoms with Crippen LogP contribution in [0.1, 0.15) is 25.3 Å². The number of carbonyl (C=O) groups excluding carboxylic acids is 1. The Balaban J connectivity index is 1.75. The molecule has 0 saturated carbocycles. The molecule has 0 amide bonds. The first-order valence-corrected chi connectivity index (χ1v) is 6.29. The van der Waals surface area contributed by atoms with Crippen molar-refractivity contribution < 1.29 is 14.3 Å². The maximum atomic E-state index is 11.6. The molecule has 1 heterocycles. The van der Waals surface area contributed by atoms with Crippen molar-refractivity contribution >= 4 is 11.7 Å². The molecule has 1 aromatic carbocycles. The fraction of sp³-hybridized carbons (Fsp3) is 0.500. The molecule has 0 aliphatic carbocycles. The monoisotopic (exact) mass is 249 g/mol. The predicted molar refractivity (Wildman–Crippen MR) is 69.1 cm³/mol. The number of esters is 1. The Morgan fingerprint density at radius 3 is 3.00 bits per heavy atom. The largest absolute Gasteiger partial charge is 0.463 e. The van der Waals surface area contributed by atoms with E-state index in [-0.39, 0.29) is 24.6 Å². The number of hydrogen-bond donors (Lipinski definition) is 1. The molecule has 1 aromatic rings. The van der Waals surface area contributed by atoms with Crippen LogP contribution >= 0.6 is 0 Å². The number of ether oxygens (including phenoxy) is 2. The smallest absolute Gasteiger partial charge is 0.310 e. The minimum atomic E-state index is -0.233. The van der Waals surface area contributed by atoms with E-state index in [1.54, 1.807) is 12.1 Å². The predicted octanol–water partition coefficient (Wildman–Crippen LogP) is 1.92. The second-order valence-corrected chi connectivity index (χ2v) is 4.75. The highest BCUT2D eigenvalue weighted by Gasteiger charge is 2.22. The van der Waals surface area contributed by atoms with E-state index in [0.29, 0.717) is 12.3 Å². The molecular weight excluding hydrogens is 230 g/mol. The normalized spacial score (nSPS) is 22.9. The zero-order chi connectivity index (χ0) is 13.0. The Hall–Kier alpha value is -1.55. The van der Waals surface area contributed by atoms with Crippen LogP contribution in [0.2, 0.25) is 0 Å². The van der Waals surface area contributed by atoms with Gasteiger partial charge in [0, 0.05) is 5.69 Å². The van der Waals surface area contributed by atoms with Gasteiger partial charge < -0.3 is 15.2 Å². The molecule has 2 N–H and O–H groups in total. The molecule has 1 fully saturated rings. The van der Waals surface area contributed by atoms with Crippen molar-refractivity contribution in [1.82, 2.24) is 0 Å². The van der Waals surface area contributed by atoms with Gasteiger partial charge in [0.05, 0.1) is 18.6 Å². The van der Waals surface area contributed by atoms with Crippen LogP contribution in [0.4, 0.5) is 5.69 Å². The number of rotatable bonds is 4. The van der Waals surface area contributed by atoms with Crippen LogP contribution in [0.15, 0.2) is 24.3 Å². The van der Waals surface area contributed by atoms with E-state index in [0.717, 1.165) is 18.4 Å². The molecule has 0 aromatic heterocycles. The number of benzene rings is 1. The van der Waals surface area contributed by atoms with E-state index < -0.39 is 0 Å². The maximum absolute atomic E-state index is 11.6. The van der Waals surface area contributed by atoms with E-state index in [1.165, 1.54) is 0 Å². The van der Waals surface area contributed by atoms with Crippen LogP contribution in [-0.4, -0.2) is 24.8 Å². The first-order valence-electron chi connectivity index (χ1n) is 6.29. The van der Waals surface area contributed by atoms with Gasteiger partial charge in [0.25, 0.3) is 0 Å². The quantitative estimate of drug-likeness (QED) is 0.654. The number of nitrogens with two attached hydrogens (primary N) is 1. The fourth-order valence-electron chi connectivity index (χ4n) is 2.11. The molecule has 1 aliphatic heterocycles. The lowest BCUT2D eigenvalue weighted by molar-refractivity contribution is -0.146. The van der Waals surface area contributed by atoms with Gasteiger partial charge in [0.15, 0.2) is 0 Å². The summed E-state index contributed by atoms with van der Waals surface area (Å²) in [5.41, 5.74) is 7.19. The van der Waals surface area contributed by atoms with Gasteiger partial charge >= 0.3 is 5.97 Å². The Morgan fingerprint density at radius 2 is 2.33 bits per heavy atom. The lowest BCUT2D eigenvalue weighted by Crippen LogP contribution is -2.20. The Morgan fingerprint density at radius 1 is 1.50 bits per heavy atom. The summed E-state index contributed by atoms with van der Waals surface area (Å²) in [4.78, 5) is 11.6. The van der Waals surface area contributed by atoms with Crippen molar-refractivity contribution in [3.05, 3.63) is 29.8 Å². The summed E-state index contributed by atoms with van der Waals surface area (Å²) < 4.78 is 10.8. The van der Waals surface area contributed by atoms with E-state index in [2.05, 4.69) is 0 Å². The minimum absolute atomic E-state index is 0.0600. The molecule has 0 bridgehead atoms. The topological polar surface area (TPSA) is 61.5 Å². The van der Waals surface area contributed by atoms with Crippen molar-refractivity contribution in [2.75, 3.05) is 12.3 Å². The van der Waals surface area contributed by atoms with Gasteiger partial charge in [0.1, 0.15) is 6.61 Å². The van der Waals surface area contributed by atoms with Crippen molar-refractivity contribution in [3.63, 3.8) is 0 Å². The fourth-order valence-corrected chi connectivity index (χ4v) is 2.11. The SMILES string of the molecule is CC1CCC(COC(=O)Cc2cccc(N)c2)O1. The summed E-state index contributed by atoms with van der Waals surface area (Å²) in [5, 5.41) is 0. The van der Waals surface area contributed by atoms with Gasteiger partial charge in [0.2, 0.25) is 0 Å². The van der Waals surface area contributed by atoms with Crippen LogP contribution in [0, 0.1) is 0 Å². The van der Waals surface area contributed by atoms with Crippen molar-refractivity contribution in [3.8, 4) is 0 Å². The lowest BCUT2D eigenvalue weighted by atomic mass is 10.1. The zero-order valence-corrected chi connectivity index (χ0v) is 10.6. The third-order valence-corrected chi connectivity index (χ3v) is 3.05. The molecule has 4 nitrogen and oxygen atoms in total. The molecule has 1 aliphatic rings. The Bertz CT molecular complexity index is 419. The highest BCUT2D eigenvalue weighted by molar-refractivity contribution is 5.73. The summed E-state index contributed by atoms with van der Waals surface area (Å²) in [7, 11) is 0. The van der Waals surface area contributed by atoms with Gasteiger partial charge in [-0.15, -0.1) is 0 Å². The lowest BCUT2D eigenvalue weighted by Gasteiger charge is -2.11. The molecule has 2 rings (SSSR count). The van der Waals surface area contributed by atoms with E-state index in [9.17, 15) is 4.79 Å². The summed E-state index contributed by atoms with van der Waals surface area (Å²) in [6, 6.07) is 7.28. The third kappa shape index (κ3) is 3.74. The van der Waals surface area contributed by atoms with Gasteiger partial charge in [-0.2, -0.15) is 0 Å². The molecule has 2 unspecified atom stereocenters. The number of hydrogen-bond acceptors (Lipinski definition) is 4. The molecular formula is C14H19NO3. The van der Waals surface area contributed by atoms with Gasteiger partial charge in [-0.3, -0.25) is 4.79 Å². The molecule has 18 heavy (non-hydrogen) atoms. The summed E-state index contributed by atoms with van der Waals surface area (Å²) >= 11 is 0. The first-order chi connectivity index (χ1) is 8.63. The second kappa shape index (κ2) is 5.87. The summed E-state index contributed by atoms with van der Waals surface area (Å²) in [5.74, 6) is -0.233. The van der Waals surface area contributed by atoms with E-state index >= 15 is 0 Å². The summed E-state index contributed by atoms with van der Waals surface area (Å²) in [6.07, 6.45) is 2.60. The first kappa shape index (κ1) is 12.9. The van der Waals surface area contributed by atoms with Gasteiger partial charge in [-0.05, 0) is 37.5 Å². The van der Waals surface area contributed by atoms with E-state index in [1.807, 2.05) is 19.1 Å². The van der Waals surface area contributed by atoms with Crippen molar-refractivity contribution in [1.29, 1.82) is 0 Å². The van der Waals surface area contributed by atoms with Gasteiger partial charge in [-0.1, -0.05) is 12.1 Å². The third-order valence-electron chi connectivity index (χ3n) is 3.05. The van der Waals surface area contributed by atoms with Crippen LogP contribution < -0.4 is 5.73 Å². The Kier molecular flexibility index (Phi) is 4.20. The average Bonchev–Trinajstić information content (AvgIpc) is 2.73. The standard InChI is InChI=1S/C14H19NO3/c1-10-5-6-13(18-10)9-17-14(16)8-11-3-2-4-12(15)7-11/h2-4,7,10,13H,5-6,8-9,15H2,1H3. The van der Waals surface area contributed by atoms with Crippen molar-refractivity contribution in [2.24, 2.45) is 0 Å². The van der Waals surface area contributed by atoms with Crippen LogP contribution in [-0.2, 0) is 20.7 Å². The Labute approximate surface area is 107 Å². The minimum Gasteiger partial charge on any atom is -0.463 e. The molecule has 0 radical (unpaired) electrons. The molecule has 98 valence electrons. The molecule has 1 saturated heterocycles. The average molecular weight is 249 g/mol. The van der Waals surface area contributed by atoms with Gasteiger partial charge in [-0.25, -0.2) is 0 Å². The maximum Gasteiger partial charge on any atom is 0.310 e. The van der Waals surface area contributed by atoms with Crippen LogP contribution in [0.5, 0.6) is 0 Å².